The number of hydrogen-bond donors (Lipinski definition) is 0. The normalized spacial score (nSPS) is 25.4. The number of aliphatic imine (C=N–C) groups is 1. The van der Waals surface area contributed by atoms with E-state index in [9.17, 15) is 0 Å². The van der Waals surface area contributed by atoms with E-state index in [2.05, 4.69) is 37.9 Å². The summed E-state index contributed by atoms with van der Waals surface area (Å²) in [6, 6.07) is 0. The quantitative estimate of drug-likeness (QED) is 0.580. The van der Waals surface area contributed by atoms with Crippen molar-refractivity contribution >= 4 is 6.21 Å². The molecule has 1 rings (SSSR count). The summed E-state index contributed by atoms with van der Waals surface area (Å²) in [5.41, 5.74) is 0.177. The van der Waals surface area contributed by atoms with Gasteiger partial charge in [0.1, 0.15) is 0 Å². The van der Waals surface area contributed by atoms with Crippen LogP contribution in [0.3, 0.4) is 0 Å². The maximum absolute atomic E-state index is 4.06. The van der Waals surface area contributed by atoms with Gasteiger partial charge < -0.3 is 0 Å². The minimum absolute atomic E-state index is 0.177. The van der Waals surface area contributed by atoms with Crippen LogP contribution in [-0.4, -0.2) is 6.21 Å². The molecule has 1 unspecified atom stereocenters. The molecule has 13 heavy (non-hydrogen) atoms. The summed E-state index contributed by atoms with van der Waals surface area (Å²) in [6.07, 6.45) is 10.1. The first kappa shape index (κ1) is 12.2. The lowest BCUT2D eigenvalue weighted by Crippen LogP contribution is -2.17. The van der Waals surface area contributed by atoms with Crippen LogP contribution in [0.25, 0.3) is 0 Å². The molecule has 0 aromatic carbocycles. The van der Waals surface area contributed by atoms with E-state index in [1.165, 1.54) is 0 Å². The highest BCUT2D eigenvalue weighted by atomic mass is 14.7. The van der Waals surface area contributed by atoms with Gasteiger partial charge in [0.15, 0.2) is 0 Å². The Kier molecular flexibility index (Phi) is 5.36. The number of hydrogen-bond acceptors (Lipinski definition) is 1. The Morgan fingerprint density at radius 3 is 2.31 bits per heavy atom. The van der Waals surface area contributed by atoms with Crippen molar-refractivity contribution < 1.29 is 0 Å². The fourth-order valence-electron chi connectivity index (χ4n) is 0.994. The average Bonchev–Trinajstić information content (AvgIpc) is 2.35. The van der Waals surface area contributed by atoms with Crippen molar-refractivity contribution in [3.8, 4) is 0 Å². The van der Waals surface area contributed by atoms with E-state index in [-0.39, 0.29) is 5.41 Å². The molecule has 0 saturated carbocycles. The Labute approximate surface area is 82.3 Å². The predicted octanol–water partition coefficient (Wildman–Crippen LogP) is 3.83. The molecule has 0 fully saturated rings. The lowest BCUT2D eigenvalue weighted by atomic mass is 9.79. The van der Waals surface area contributed by atoms with Gasteiger partial charge in [-0.25, -0.2) is 0 Å². The fourth-order valence-corrected chi connectivity index (χ4v) is 0.994. The van der Waals surface area contributed by atoms with E-state index in [4.69, 9.17) is 0 Å². The highest BCUT2D eigenvalue weighted by Gasteiger charge is 2.21. The van der Waals surface area contributed by atoms with Crippen molar-refractivity contribution in [1.82, 2.24) is 0 Å². The zero-order valence-electron chi connectivity index (χ0n) is 9.41. The standard InChI is InChI=1S/C10H15N.C2H6/c1-9(2)10(3)5-4-7-11-8-6-10;1-2/h4-9H,1-3H3;1-2H3. The van der Waals surface area contributed by atoms with Gasteiger partial charge in [-0.2, -0.15) is 0 Å². The largest absolute Gasteiger partial charge is 0.265 e. The Bertz CT molecular complexity index is 193. The van der Waals surface area contributed by atoms with Crippen LogP contribution in [0, 0.1) is 11.3 Å². The maximum Gasteiger partial charge on any atom is 0.0264 e. The van der Waals surface area contributed by atoms with Crippen LogP contribution < -0.4 is 0 Å². The molecule has 74 valence electrons. The average molecular weight is 179 g/mol. The molecular weight excluding hydrogens is 158 g/mol. The molecule has 1 heteroatoms. The lowest BCUT2D eigenvalue weighted by Gasteiger charge is -2.25. The molecule has 0 radical (unpaired) electrons. The maximum atomic E-state index is 4.06. The minimum Gasteiger partial charge on any atom is -0.265 e. The number of allylic oxidation sites excluding steroid dienone is 3. The molecule has 0 saturated heterocycles. The van der Waals surface area contributed by atoms with Crippen molar-refractivity contribution in [2.75, 3.05) is 0 Å². The first-order valence-corrected chi connectivity index (χ1v) is 5.04. The molecule has 0 aliphatic carbocycles. The van der Waals surface area contributed by atoms with E-state index >= 15 is 0 Å². The summed E-state index contributed by atoms with van der Waals surface area (Å²) in [4.78, 5) is 4.06. The van der Waals surface area contributed by atoms with Crippen molar-refractivity contribution in [2.45, 2.75) is 34.6 Å². The van der Waals surface area contributed by atoms with Crippen LogP contribution in [-0.2, 0) is 0 Å². The van der Waals surface area contributed by atoms with Crippen LogP contribution in [0.4, 0.5) is 0 Å². The van der Waals surface area contributed by atoms with Crippen LogP contribution in [0.15, 0.2) is 29.4 Å². The van der Waals surface area contributed by atoms with Gasteiger partial charge in [0.05, 0.1) is 0 Å². The van der Waals surface area contributed by atoms with Crippen LogP contribution in [0.2, 0.25) is 0 Å². The second-order valence-electron chi connectivity index (χ2n) is 3.49. The van der Waals surface area contributed by atoms with Crippen molar-refractivity contribution in [1.29, 1.82) is 0 Å². The molecule has 0 spiro atoms. The second-order valence-corrected chi connectivity index (χ2v) is 3.49. The molecule has 0 aromatic heterocycles. The number of nitrogens with zero attached hydrogens (tertiary/aromatic N) is 1. The molecule has 0 amide bonds. The van der Waals surface area contributed by atoms with Gasteiger partial charge in [0.25, 0.3) is 0 Å². The summed E-state index contributed by atoms with van der Waals surface area (Å²) >= 11 is 0. The van der Waals surface area contributed by atoms with Crippen LogP contribution in [0.1, 0.15) is 34.6 Å². The smallest absolute Gasteiger partial charge is 0.0264 e. The third-order valence-electron chi connectivity index (χ3n) is 2.39. The van der Waals surface area contributed by atoms with E-state index < -0.39 is 0 Å². The van der Waals surface area contributed by atoms with E-state index in [1.807, 2.05) is 32.3 Å². The van der Waals surface area contributed by atoms with Gasteiger partial charge in [-0.1, -0.05) is 46.8 Å². The first-order valence-electron chi connectivity index (χ1n) is 5.04. The highest BCUT2D eigenvalue weighted by Crippen LogP contribution is 2.30. The Morgan fingerprint density at radius 2 is 1.77 bits per heavy atom. The van der Waals surface area contributed by atoms with E-state index in [1.54, 1.807) is 0 Å². The lowest BCUT2D eigenvalue weighted by molar-refractivity contribution is 0.383. The van der Waals surface area contributed by atoms with Gasteiger partial charge in [0, 0.05) is 17.8 Å². The first-order chi connectivity index (χ1) is 6.15. The van der Waals surface area contributed by atoms with Gasteiger partial charge in [-0.15, -0.1) is 0 Å². The SMILES string of the molecule is CC.CC(C)C1(C)C=CC=NC=C1. The topological polar surface area (TPSA) is 12.4 Å². The molecule has 1 aliphatic rings. The van der Waals surface area contributed by atoms with Crippen LogP contribution in [0.5, 0.6) is 0 Å². The van der Waals surface area contributed by atoms with Gasteiger partial charge >= 0.3 is 0 Å². The summed E-state index contributed by atoms with van der Waals surface area (Å²) in [5, 5.41) is 0. The Hall–Kier alpha value is -0.850. The molecule has 0 bridgehead atoms. The predicted molar refractivity (Wildman–Crippen MR) is 61.1 cm³/mol. The molecule has 1 heterocycles. The van der Waals surface area contributed by atoms with Crippen LogP contribution >= 0.6 is 0 Å². The zero-order chi connectivity index (χ0) is 10.3. The molecule has 1 nitrogen and oxygen atoms in total. The van der Waals surface area contributed by atoms with Gasteiger partial charge in [-0.05, 0) is 12.0 Å². The fraction of sp³-hybridized carbons (Fsp3) is 0.583. The van der Waals surface area contributed by atoms with Gasteiger partial charge in [0.2, 0.25) is 0 Å². The minimum atomic E-state index is 0.177. The monoisotopic (exact) mass is 179 g/mol. The molecule has 1 aliphatic heterocycles. The second kappa shape index (κ2) is 5.74. The summed E-state index contributed by atoms with van der Waals surface area (Å²) in [5.74, 6) is 0.622. The van der Waals surface area contributed by atoms with Gasteiger partial charge in [-0.3, -0.25) is 4.99 Å². The van der Waals surface area contributed by atoms with E-state index in [0.29, 0.717) is 5.92 Å². The Balaban J connectivity index is 0.000000671. The summed E-state index contributed by atoms with van der Waals surface area (Å²) < 4.78 is 0. The van der Waals surface area contributed by atoms with Crippen molar-refractivity contribution in [3.63, 3.8) is 0 Å². The zero-order valence-corrected chi connectivity index (χ0v) is 9.41. The molecule has 1 atom stereocenters. The van der Waals surface area contributed by atoms with Crippen molar-refractivity contribution in [2.24, 2.45) is 16.3 Å². The number of rotatable bonds is 1. The third-order valence-corrected chi connectivity index (χ3v) is 2.39. The third kappa shape index (κ3) is 3.58. The summed E-state index contributed by atoms with van der Waals surface area (Å²) in [7, 11) is 0. The van der Waals surface area contributed by atoms with E-state index in [0.717, 1.165) is 0 Å². The highest BCUT2D eigenvalue weighted by molar-refractivity contribution is 5.72. The molecular formula is C12H21N. The molecule has 0 N–H and O–H groups in total. The summed E-state index contributed by atoms with van der Waals surface area (Å²) in [6.45, 7) is 10.7. The molecule has 0 aromatic rings. The van der Waals surface area contributed by atoms with Crippen molar-refractivity contribution in [3.05, 3.63) is 24.4 Å². The Morgan fingerprint density at radius 1 is 1.15 bits per heavy atom.